The van der Waals surface area contributed by atoms with Crippen LogP contribution in [0.2, 0.25) is 5.02 Å². The molecule has 0 bridgehead atoms. The van der Waals surface area contributed by atoms with Crippen LogP contribution in [0.1, 0.15) is 44.8 Å². The van der Waals surface area contributed by atoms with E-state index >= 15 is 0 Å². The summed E-state index contributed by atoms with van der Waals surface area (Å²) in [6.45, 7) is 7.40. The van der Waals surface area contributed by atoms with Crippen molar-refractivity contribution in [1.29, 1.82) is 0 Å². The molecule has 1 saturated heterocycles. The van der Waals surface area contributed by atoms with E-state index in [4.69, 9.17) is 26.6 Å². The van der Waals surface area contributed by atoms with Crippen LogP contribution < -0.4 is 5.73 Å². The minimum atomic E-state index is -4.54. The van der Waals surface area contributed by atoms with E-state index in [2.05, 4.69) is 0 Å². The van der Waals surface area contributed by atoms with Crippen molar-refractivity contribution in [1.82, 2.24) is 0 Å². The van der Waals surface area contributed by atoms with Crippen molar-refractivity contribution in [2.75, 3.05) is 0 Å². The summed E-state index contributed by atoms with van der Waals surface area (Å²) in [4.78, 5) is 0. The molecule has 1 atom stereocenters. The molecule has 3 nitrogen and oxygen atoms in total. The van der Waals surface area contributed by atoms with Crippen LogP contribution in [0.5, 0.6) is 0 Å². The first-order valence-corrected chi connectivity index (χ1v) is 7.21. The summed E-state index contributed by atoms with van der Waals surface area (Å²) in [6, 6.07) is 3.58. The zero-order valence-electron chi connectivity index (χ0n) is 12.8. The minimum absolute atomic E-state index is 0.259. The van der Waals surface area contributed by atoms with E-state index < -0.39 is 36.0 Å². The first-order chi connectivity index (χ1) is 9.85. The Kier molecular flexibility index (Phi) is 4.32. The third-order valence-corrected chi connectivity index (χ3v) is 4.58. The molecule has 22 heavy (non-hydrogen) atoms. The second-order valence-electron chi connectivity index (χ2n) is 6.39. The van der Waals surface area contributed by atoms with E-state index in [0.29, 0.717) is 0 Å². The van der Waals surface area contributed by atoms with E-state index in [9.17, 15) is 13.2 Å². The molecule has 122 valence electrons. The third kappa shape index (κ3) is 3.13. The lowest BCUT2D eigenvalue weighted by molar-refractivity contribution is -0.137. The fraction of sp³-hybridized carbons (Fsp3) is 0.571. The molecular formula is C14H18BClF3NO2. The van der Waals surface area contributed by atoms with Gasteiger partial charge in [0.05, 0.1) is 27.7 Å². The first-order valence-electron chi connectivity index (χ1n) is 6.83. The molecule has 0 aromatic heterocycles. The lowest BCUT2D eigenvalue weighted by Crippen LogP contribution is -2.41. The van der Waals surface area contributed by atoms with Gasteiger partial charge in [-0.15, -0.1) is 0 Å². The van der Waals surface area contributed by atoms with Gasteiger partial charge in [-0.25, -0.2) is 0 Å². The Morgan fingerprint density at radius 2 is 1.64 bits per heavy atom. The highest BCUT2D eigenvalue weighted by atomic mass is 35.5. The van der Waals surface area contributed by atoms with Crippen LogP contribution in [0, 0.1) is 0 Å². The van der Waals surface area contributed by atoms with Gasteiger partial charge in [0.2, 0.25) is 0 Å². The van der Waals surface area contributed by atoms with Crippen LogP contribution in [0.3, 0.4) is 0 Å². The summed E-state index contributed by atoms with van der Waals surface area (Å²) in [5.41, 5.74) is 4.18. The molecular weight excluding hydrogens is 317 g/mol. The van der Waals surface area contributed by atoms with E-state index in [1.54, 1.807) is 0 Å². The predicted octanol–water partition coefficient (Wildman–Crippen LogP) is 3.99. The fourth-order valence-electron chi connectivity index (χ4n) is 2.16. The van der Waals surface area contributed by atoms with Gasteiger partial charge in [-0.3, -0.25) is 0 Å². The van der Waals surface area contributed by atoms with Crippen LogP contribution >= 0.6 is 11.6 Å². The van der Waals surface area contributed by atoms with Gasteiger partial charge in [0, 0.05) is 0 Å². The summed E-state index contributed by atoms with van der Waals surface area (Å²) >= 11 is 5.61. The van der Waals surface area contributed by atoms with Crippen LogP contribution in [-0.2, 0) is 15.5 Å². The molecule has 1 aliphatic rings. The van der Waals surface area contributed by atoms with Crippen LogP contribution in [0.15, 0.2) is 18.2 Å². The van der Waals surface area contributed by atoms with Crippen molar-refractivity contribution in [3.63, 3.8) is 0 Å². The van der Waals surface area contributed by atoms with Gasteiger partial charge in [0.15, 0.2) is 0 Å². The number of benzene rings is 1. The van der Waals surface area contributed by atoms with Gasteiger partial charge in [-0.2, -0.15) is 13.2 Å². The van der Waals surface area contributed by atoms with Gasteiger partial charge < -0.3 is 15.0 Å². The molecule has 0 unspecified atom stereocenters. The lowest BCUT2D eigenvalue weighted by Gasteiger charge is -2.32. The summed E-state index contributed by atoms with van der Waals surface area (Å²) < 4.78 is 50.3. The molecule has 8 heteroatoms. The maximum atomic E-state index is 12.9. The molecule has 0 amide bonds. The monoisotopic (exact) mass is 335 g/mol. The van der Waals surface area contributed by atoms with Gasteiger partial charge >= 0.3 is 13.3 Å². The SMILES string of the molecule is CC1(C)OB([C@@H](N)c2ccc(Cl)c(C(F)(F)F)c2)OC1(C)C. The van der Waals surface area contributed by atoms with Gasteiger partial charge in [0.25, 0.3) is 0 Å². The predicted molar refractivity (Wildman–Crippen MR) is 79.5 cm³/mol. The van der Waals surface area contributed by atoms with Crippen molar-refractivity contribution in [3.8, 4) is 0 Å². The molecule has 0 aliphatic carbocycles. The van der Waals surface area contributed by atoms with Gasteiger partial charge in [0.1, 0.15) is 0 Å². The topological polar surface area (TPSA) is 44.5 Å². The van der Waals surface area contributed by atoms with Crippen LogP contribution in [0.4, 0.5) is 13.2 Å². The average Bonchev–Trinajstić information content (AvgIpc) is 2.57. The molecule has 0 spiro atoms. The number of halogens is 4. The van der Waals surface area contributed by atoms with Crippen molar-refractivity contribution in [2.24, 2.45) is 5.73 Å². The van der Waals surface area contributed by atoms with Crippen LogP contribution in [-0.4, -0.2) is 18.3 Å². The highest BCUT2D eigenvalue weighted by molar-refractivity contribution is 6.47. The number of alkyl halides is 3. The third-order valence-electron chi connectivity index (χ3n) is 4.25. The standard InChI is InChI=1S/C14H18BClF3NO2/c1-12(2)13(3,4)22-15(21-12)11(20)8-5-6-10(16)9(7-8)14(17,18)19/h5-7,11H,20H2,1-4H3/t11-/m0/s1. The Morgan fingerprint density at radius 3 is 2.09 bits per heavy atom. The molecule has 0 saturated carbocycles. The molecule has 1 aromatic carbocycles. The van der Waals surface area contributed by atoms with Crippen molar-refractivity contribution in [2.45, 2.75) is 51.0 Å². The molecule has 2 rings (SSSR count). The number of hydrogen-bond donors (Lipinski definition) is 1. The molecule has 1 heterocycles. The van der Waals surface area contributed by atoms with E-state index in [0.717, 1.165) is 6.07 Å². The summed E-state index contributed by atoms with van der Waals surface area (Å²) in [6.07, 6.45) is -4.54. The zero-order valence-corrected chi connectivity index (χ0v) is 13.5. The number of nitrogens with two attached hydrogens (primary N) is 1. The van der Waals surface area contributed by atoms with Gasteiger partial charge in [-0.05, 0) is 45.4 Å². The fourth-order valence-corrected chi connectivity index (χ4v) is 2.38. The molecule has 1 aromatic rings. The maximum Gasteiger partial charge on any atom is 0.480 e. The Labute approximate surface area is 133 Å². The second kappa shape index (κ2) is 5.41. The average molecular weight is 336 g/mol. The quantitative estimate of drug-likeness (QED) is 0.831. The summed E-state index contributed by atoms with van der Waals surface area (Å²) in [7, 11) is -0.827. The highest BCUT2D eigenvalue weighted by Crippen LogP contribution is 2.41. The Balaban J connectivity index is 2.30. The largest absolute Gasteiger partial charge is 0.480 e. The molecule has 1 fully saturated rings. The molecule has 1 aliphatic heterocycles. The van der Waals surface area contributed by atoms with Crippen LogP contribution in [0.25, 0.3) is 0 Å². The highest BCUT2D eigenvalue weighted by Gasteiger charge is 2.53. The lowest BCUT2D eigenvalue weighted by atomic mass is 9.74. The zero-order chi connectivity index (χ0) is 16.9. The Hall–Kier alpha value is -0.755. The van der Waals surface area contributed by atoms with E-state index in [1.807, 2.05) is 27.7 Å². The number of rotatable bonds is 2. The Bertz CT molecular complexity index is 562. The van der Waals surface area contributed by atoms with Crippen molar-refractivity contribution < 1.29 is 22.5 Å². The Morgan fingerprint density at radius 1 is 1.14 bits per heavy atom. The minimum Gasteiger partial charge on any atom is -0.402 e. The first kappa shape index (κ1) is 17.6. The number of hydrogen-bond acceptors (Lipinski definition) is 3. The van der Waals surface area contributed by atoms with Crippen molar-refractivity contribution >= 4 is 18.7 Å². The summed E-state index contributed by atoms with van der Waals surface area (Å²) in [5.74, 6) is -0.848. The maximum absolute atomic E-state index is 12.9. The molecule has 2 N–H and O–H groups in total. The normalized spacial score (nSPS) is 22.0. The van der Waals surface area contributed by atoms with Crippen molar-refractivity contribution in [3.05, 3.63) is 34.3 Å². The summed E-state index contributed by atoms with van der Waals surface area (Å²) in [5, 5.41) is -0.364. The van der Waals surface area contributed by atoms with E-state index in [1.165, 1.54) is 12.1 Å². The van der Waals surface area contributed by atoms with E-state index in [-0.39, 0.29) is 10.6 Å². The smallest absolute Gasteiger partial charge is 0.402 e. The second-order valence-corrected chi connectivity index (χ2v) is 6.79. The molecule has 0 radical (unpaired) electrons. The van der Waals surface area contributed by atoms with Gasteiger partial charge in [-0.1, -0.05) is 17.7 Å².